The molecule has 3 aromatic rings. The van der Waals surface area contributed by atoms with Crippen LogP contribution in [0.1, 0.15) is 18.3 Å². The van der Waals surface area contributed by atoms with Gasteiger partial charge in [0.15, 0.2) is 11.2 Å². The zero-order valence-electron chi connectivity index (χ0n) is 19.8. The molecular weight excluding hydrogens is 436 g/mol. The van der Waals surface area contributed by atoms with Gasteiger partial charge in [0.05, 0.1) is 13.2 Å². The molecule has 0 aliphatic carbocycles. The largest absolute Gasteiger partial charge is 0.450 e. The molecule has 3 heterocycles. The number of hydrogen-bond donors (Lipinski definition) is 0. The van der Waals surface area contributed by atoms with E-state index in [1.807, 2.05) is 47.1 Å². The maximum absolute atomic E-state index is 13.0. The van der Waals surface area contributed by atoms with Crippen LogP contribution in [0.5, 0.6) is 0 Å². The summed E-state index contributed by atoms with van der Waals surface area (Å²) in [5, 5.41) is 0. The van der Waals surface area contributed by atoms with Crippen molar-refractivity contribution in [3.05, 3.63) is 68.6 Å². The number of ether oxygens (including phenoxy) is 1. The van der Waals surface area contributed by atoms with E-state index in [1.54, 1.807) is 18.9 Å². The Labute approximate surface area is 197 Å². The molecule has 0 N–H and O–H groups in total. The summed E-state index contributed by atoms with van der Waals surface area (Å²) in [6.45, 7) is 5.55. The first-order chi connectivity index (χ1) is 16.4. The average Bonchev–Trinajstić information content (AvgIpc) is 3.20. The molecule has 10 heteroatoms. The maximum atomic E-state index is 13.0. The molecule has 2 aromatic heterocycles. The second-order valence-electron chi connectivity index (χ2n) is 8.29. The van der Waals surface area contributed by atoms with Crippen LogP contribution in [0.3, 0.4) is 0 Å². The molecule has 0 atom stereocenters. The van der Waals surface area contributed by atoms with Gasteiger partial charge in [-0.25, -0.2) is 14.6 Å². The van der Waals surface area contributed by atoms with Crippen LogP contribution in [0.25, 0.3) is 17.2 Å². The maximum Gasteiger partial charge on any atom is 0.409 e. The quantitative estimate of drug-likeness (QED) is 0.545. The Morgan fingerprint density at radius 1 is 1.06 bits per heavy atom. The highest BCUT2D eigenvalue weighted by Crippen LogP contribution is 2.16. The monoisotopic (exact) mass is 466 g/mol. The fraction of sp³-hybridized carbons (Fsp3) is 0.417. The van der Waals surface area contributed by atoms with Gasteiger partial charge in [0.1, 0.15) is 5.82 Å². The van der Waals surface area contributed by atoms with Crippen molar-refractivity contribution in [3.63, 3.8) is 0 Å². The van der Waals surface area contributed by atoms with Crippen LogP contribution in [0.4, 0.5) is 4.79 Å². The molecule has 34 heavy (non-hydrogen) atoms. The molecule has 4 rings (SSSR count). The lowest BCUT2D eigenvalue weighted by Crippen LogP contribution is -2.48. The van der Waals surface area contributed by atoms with E-state index in [0.717, 1.165) is 10.1 Å². The Morgan fingerprint density at radius 2 is 1.76 bits per heavy atom. The molecule has 0 bridgehead atoms. The van der Waals surface area contributed by atoms with Crippen LogP contribution in [0.2, 0.25) is 0 Å². The lowest BCUT2D eigenvalue weighted by molar-refractivity contribution is 0.0769. The lowest BCUT2D eigenvalue weighted by Gasteiger charge is -2.33. The van der Waals surface area contributed by atoms with E-state index >= 15 is 0 Å². The third-order valence-corrected chi connectivity index (χ3v) is 6.09. The summed E-state index contributed by atoms with van der Waals surface area (Å²) in [7, 11) is 3.11. The minimum absolute atomic E-state index is 0.293. The Kier molecular flexibility index (Phi) is 6.97. The number of aromatic nitrogens is 4. The van der Waals surface area contributed by atoms with Crippen molar-refractivity contribution in [2.45, 2.75) is 20.0 Å². The van der Waals surface area contributed by atoms with Crippen molar-refractivity contribution < 1.29 is 9.53 Å². The van der Waals surface area contributed by atoms with Crippen molar-refractivity contribution in [1.82, 2.24) is 28.5 Å². The molecule has 1 amide bonds. The number of benzene rings is 1. The molecule has 1 saturated heterocycles. The van der Waals surface area contributed by atoms with Crippen molar-refractivity contribution in [1.29, 1.82) is 0 Å². The summed E-state index contributed by atoms with van der Waals surface area (Å²) < 4.78 is 9.51. The zero-order chi connectivity index (χ0) is 24.2. The van der Waals surface area contributed by atoms with Gasteiger partial charge in [-0.2, -0.15) is 0 Å². The minimum Gasteiger partial charge on any atom is -0.450 e. The van der Waals surface area contributed by atoms with Crippen molar-refractivity contribution in [2.24, 2.45) is 14.1 Å². The lowest BCUT2D eigenvalue weighted by atomic mass is 10.2. The molecule has 180 valence electrons. The summed E-state index contributed by atoms with van der Waals surface area (Å²) in [6, 6.07) is 9.92. The van der Waals surface area contributed by atoms with Gasteiger partial charge in [-0.15, -0.1) is 0 Å². The number of amides is 1. The van der Waals surface area contributed by atoms with Crippen LogP contribution in [-0.2, 0) is 31.9 Å². The van der Waals surface area contributed by atoms with Gasteiger partial charge in [0, 0.05) is 46.8 Å². The number of carbonyl (C=O) groups excluding carboxylic acids is 1. The molecule has 0 radical (unpaired) electrons. The number of fused-ring (bicyclic) bond motifs is 1. The number of aryl methyl sites for hydroxylation is 1. The molecule has 1 aliphatic heterocycles. The molecule has 0 spiro atoms. The smallest absolute Gasteiger partial charge is 0.409 e. The number of carbonyl (C=O) groups is 1. The van der Waals surface area contributed by atoms with Crippen LogP contribution in [-0.4, -0.2) is 67.4 Å². The van der Waals surface area contributed by atoms with Gasteiger partial charge >= 0.3 is 11.8 Å². The van der Waals surface area contributed by atoms with Crippen molar-refractivity contribution in [3.8, 4) is 0 Å². The summed E-state index contributed by atoms with van der Waals surface area (Å²) in [5.41, 5.74) is 1.07. The number of hydrogen-bond acceptors (Lipinski definition) is 6. The fourth-order valence-electron chi connectivity index (χ4n) is 4.17. The van der Waals surface area contributed by atoms with Gasteiger partial charge < -0.3 is 14.2 Å². The molecule has 0 saturated carbocycles. The number of allylic oxidation sites excluding steroid dienone is 1. The van der Waals surface area contributed by atoms with Gasteiger partial charge in [-0.3, -0.25) is 18.8 Å². The normalized spacial score (nSPS) is 14.9. The zero-order valence-corrected chi connectivity index (χ0v) is 19.8. The van der Waals surface area contributed by atoms with Crippen LogP contribution in [0, 0.1) is 0 Å². The summed E-state index contributed by atoms with van der Waals surface area (Å²) >= 11 is 0. The highest BCUT2D eigenvalue weighted by Gasteiger charge is 2.25. The van der Waals surface area contributed by atoms with Gasteiger partial charge in [-0.1, -0.05) is 42.5 Å². The first kappa shape index (κ1) is 23.5. The Morgan fingerprint density at radius 3 is 2.44 bits per heavy atom. The number of nitrogens with zero attached hydrogens (tertiary/aromatic N) is 6. The number of imidazole rings is 1. The van der Waals surface area contributed by atoms with E-state index < -0.39 is 5.69 Å². The molecular formula is C24H30N6O4. The standard InChI is InChI=1S/C24H30N6O4/c1-4-34-24(33)29-15-13-28(14-16-29)17-19-25-21-20(22(31)27(3)23(32)26(21)2)30(19)12-8-11-18-9-6-5-7-10-18/h5-11H,4,12-17H2,1-3H3. The second kappa shape index (κ2) is 10.1. The van der Waals surface area contributed by atoms with Crippen LogP contribution < -0.4 is 11.2 Å². The Bertz CT molecular complexity index is 1310. The number of piperazine rings is 1. The van der Waals surface area contributed by atoms with Crippen LogP contribution >= 0.6 is 0 Å². The van der Waals surface area contributed by atoms with Gasteiger partial charge in [0.25, 0.3) is 5.56 Å². The van der Waals surface area contributed by atoms with Gasteiger partial charge in [-0.05, 0) is 12.5 Å². The van der Waals surface area contributed by atoms with E-state index in [-0.39, 0.29) is 11.7 Å². The predicted octanol–water partition coefficient (Wildman–Crippen LogP) is 1.42. The first-order valence-electron chi connectivity index (χ1n) is 11.4. The van der Waals surface area contributed by atoms with Crippen LogP contribution in [0.15, 0.2) is 46.0 Å². The topological polar surface area (TPSA) is 94.6 Å². The summed E-state index contributed by atoms with van der Waals surface area (Å²) in [6.07, 6.45) is 3.70. The summed E-state index contributed by atoms with van der Waals surface area (Å²) in [4.78, 5) is 46.1. The molecule has 1 aliphatic rings. The average molecular weight is 467 g/mol. The van der Waals surface area contributed by atoms with E-state index in [2.05, 4.69) is 4.90 Å². The third kappa shape index (κ3) is 4.67. The minimum atomic E-state index is -0.406. The Balaban J connectivity index is 1.64. The van der Waals surface area contributed by atoms with Gasteiger partial charge in [0.2, 0.25) is 0 Å². The highest BCUT2D eigenvalue weighted by molar-refractivity contribution is 5.71. The SMILES string of the molecule is CCOC(=O)N1CCN(Cc2nc3c(c(=O)n(C)c(=O)n3C)n2CC=Cc2ccccc2)CC1. The molecule has 1 fully saturated rings. The Hall–Kier alpha value is -3.66. The second-order valence-corrected chi connectivity index (χ2v) is 8.29. The predicted molar refractivity (Wildman–Crippen MR) is 130 cm³/mol. The fourth-order valence-corrected chi connectivity index (χ4v) is 4.17. The number of rotatable bonds is 6. The van der Waals surface area contributed by atoms with Crippen molar-refractivity contribution >= 4 is 23.3 Å². The van der Waals surface area contributed by atoms with E-state index in [4.69, 9.17) is 9.72 Å². The summed E-state index contributed by atoms with van der Waals surface area (Å²) in [5.74, 6) is 0.704. The molecule has 1 aromatic carbocycles. The van der Waals surface area contributed by atoms with E-state index in [1.165, 1.54) is 11.6 Å². The molecule has 0 unspecified atom stereocenters. The highest BCUT2D eigenvalue weighted by atomic mass is 16.6. The molecule has 10 nitrogen and oxygen atoms in total. The van der Waals surface area contributed by atoms with E-state index in [0.29, 0.717) is 62.9 Å². The third-order valence-electron chi connectivity index (χ3n) is 6.09. The van der Waals surface area contributed by atoms with Crippen molar-refractivity contribution in [2.75, 3.05) is 32.8 Å². The van der Waals surface area contributed by atoms with E-state index in [9.17, 15) is 14.4 Å². The first-order valence-corrected chi connectivity index (χ1v) is 11.4.